The quantitative estimate of drug-likeness (QED) is 0.892. The van der Waals surface area contributed by atoms with Crippen LogP contribution in [0.15, 0.2) is 36.5 Å². The van der Waals surface area contributed by atoms with Gasteiger partial charge < -0.3 is 15.6 Å². The number of benzene rings is 1. The minimum absolute atomic E-state index is 0.0960. The van der Waals surface area contributed by atoms with E-state index >= 15 is 0 Å². The van der Waals surface area contributed by atoms with Gasteiger partial charge in [-0.25, -0.2) is 4.39 Å². The lowest BCUT2D eigenvalue weighted by Crippen LogP contribution is -2.18. The topological polar surface area (TPSA) is 60.0 Å². The number of rotatable bonds is 3. The van der Waals surface area contributed by atoms with E-state index in [4.69, 9.17) is 5.73 Å². The number of nitrogens with one attached hydrogen (secondary N) is 1. The van der Waals surface area contributed by atoms with Crippen molar-refractivity contribution in [3.05, 3.63) is 48.0 Å². The van der Waals surface area contributed by atoms with Gasteiger partial charge in [0.15, 0.2) is 0 Å². The van der Waals surface area contributed by atoms with Crippen LogP contribution in [0.1, 0.15) is 30.4 Å². The number of anilines is 2. The Morgan fingerprint density at radius 1 is 1.37 bits per heavy atom. The first-order chi connectivity index (χ1) is 8.99. The Morgan fingerprint density at radius 2 is 2.05 bits per heavy atom. The molecule has 0 aliphatic rings. The average molecular weight is 261 g/mol. The minimum Gasteiger partial charge on any atom is -0.397 e. The maximum atomic E-state index is 13.5. The fourth-order valence-electron chi connectivity index (χ4n) is 1.86. The summed E-state index contributed by atoms with van der Waals surface area (Å²) in [5.41, 5.74) is 6.78. The van der Waals surface area contributed by atoms with Crippen LogP contribution >= 0.6 is 0 Å². The van der Waals surface area contributed by atoms with Crippen molar-refractivity contribution in [1.29, 1.82) is 0 Å². The lowest BCUT2D eigenvalue weighted by atomic mass is 10.3. The van der Waals surface area contributed by atoms with Crippen LogP contribution in [-0.2, 0) is 0 Å². The zero-order chi connectivity index (χ0) is 14.0. The number of hydrogen-bond acceptors (Lipinski definition) is 2. The van der Waals surface area contributed by atoms with Crippen molar-refractivity contribution in [3.8, 4) is 0 Å². The number of para-hydroxylation sites is 1. The van der Waals surface area contributed by atoms with Crippen molar-refractivity contribution >= 4 is 17.3 Å². The molecule has 0 saturated heterocycles. The van der Waals surface area contributed by atoms with Gasteiger partial charge in [0.2, 0.25) is 0 Å². The second-order valence-electron chi connectivity index (χ2n) is 4.59. The summed E-state index contributed by atoms with van der Waals surface area (Å²) in [7, 11) is 0. The second-order valence-corrected chi connectivity index (χ2v) is 4.59. The van der Waals surface area contributed by atoms with E-state index in [-0.39, 0.29) is 17.6 Å². The summed E-state index contributed by atoms with van der Waals surface area (Å²) in [6, 6.07) is 7.72. The molecule has 5 heteroatoms. The maximum absolute atomic E-state index is 13.5. The summed E-state index contributed by atoms with van der Waals surface area (Å²) in [5, 5.41) is 2.54. The molecule has 0 saturated carbocycles. The zero-order valence-corrected chi connectivity index (χ0v) is 10.9. The van der Waals surface area contributed by atoms with Crippen molar-refractivity contribution in [2.75, 3.05) is 11.1 Å². The molecule has 1 heterocycles. The lowest BCUT2D eigenvalue weighted by Gasteiger charge is -2.12. The molecule has 0 unspecified atom stereocenters. The summed E-state index contributed by atoms with van der Waals surface area (Å²) < 4.78 is 15.2. The van der Waals surface area contributed by atoms with E-state index in [1.54, 1.807) is 29.0 Å². The van der Waals surface area contributed by atoms with Crippen molar-refractivity contribution < 1.29 is 9.18 Å². The van der Waals surface area contributed by atoms with Crippen molar-refractivity contribution in [3.63, 3.8) is 0 Å². The molecule has 0 atom stereocenters. The smallest absolute Gasteiger partial charge is 0.272 e. The van der Waals surface area contributed by atoms with E-state index < -0.39 is 5.82 Å². The molecular formula is C14H16FN3O. The lowest BCUT2D eigenvalue weighted by molar-refractivity contribution is 0.101. The van der Waals surface area contributed by atoms with E-state index in [2.05, 4.69) is 5.32 Å². The van der Waals surface area contributed by atoms with Crippen LogP contribution in [0, 0.1) is 5.82 Å². The average Bonchev–Trinajstić information content (AvgIpc) is 2.74. The van der Waals surface area contributed by atoms with Crippen molar-refractivity contribution in [2.24, 2.45) is 0 Å². The van der Waals surface area contributed by atoms with Gasteiger partial charge in [-0.2, -0.15) is 0 Å². The monoisotopic (exact) mass is 261 g/mol. The summed E-state index contributed by atoms with van der Waals surface area (Å²) in [5.74, 6) is -0.845. The Hall–Kier alpha value is -2.30. The second kappa shape index (κ2) is 5.14. The molecule has 0 aliphatic heterocycles. The SMILES string of the molecule is CC(C)n1cc(N)cc1C(=O)Nc1ccccc1F. The minimum atomic E-state index is -0.466. The van der Waals surface area contributed by atoms with Gasteiger partial charge >= 0.3 is 0 Å². The van der Waals surface area contributed by atoms with E-state index in [0.29, 0.717) is 11.4 Å². The van der Waals surface area contributed by atoms with Crippen LogP contribution in [-0.4, -0.2) is 10.5 Å². The highest BCUT2D eigenvalue weighted by Gasteiger charge is 2.16. The van der Waals surface area contributed by atoms with Crippen LogP contribution in [0.4, 0.5) is 15.8 Å². The van der Waals surface area contributed by atoms with Crippen LogP contribution in [0.5, 0.6) is 0 Å². The Balaban J connectivity index is 2.28. The number of nitrogen functional groups attached to an aromatic ring is 1. The number of halogens is 1. The Bertz CT molecular complexity index is 604. The van der Waals surface area contributed by atoms with E-state index in [1.165, 1.54) is 12.1 Å². The number of hydrogen-bond donors (Lipinski definition) is 2. The molecule has 2 aromatic rings. The number of aromatic nitrogens is 1. The molecule has 100 valence electrons. The van der Waals surface area contributed by atoms with Gasteiger partial charge in [-0.15, -0.1) is 0 Å². The molecular weight excluding hydrogens is 245 g/mol. The molecule has 1 aromatic carbocycles. The fourth-order valence-corrected chi connectivity index (χ4v) is 1.86. The van der Waals surface area contributed by atoms with Gasteiger partial charge in [0, 0.05) is 12.2 Å². The van der Waals surface area contributed by atoms with Crippen molar-refractivity contribution in [1.82, 2.24) is 4.57 Å². The summed E-state index contributed by atoms with van der Waals surface area (Å²) in [6.07, 6.45) is 1.70. The molecule has 0 bridgehead atoms. The van der Waals surface area contributed by atoms with Crippen LogP contribution in [0.2, 0.25) is 0 Å². The van der Waals surface area contributed by atoms with E-state index in [1.807, 2.05) is 13.8 Å². The number of carbonyl (C=O) groups is 1. The first-order valence-electron chi connectivity index (χ1n) is 6.02. The predicted molar refractivity (Wildman–Crippen MR) is 73.6 cm³/mol. The predicted octanol–water partition coefficient (Wildman–Crippen LogP) is 3.04. The van der Waals surface area contributed by atoms with Crippen LogP contribution in [0.25, 0.3) is 0 Å². The maximum Gasteiger partial charge on any atom is 0.272 e. The Morgan fingerprint density at radius 3 is 2.68 bits per heavy atom. The molecule has 0 radical (unpaired) electrons. The fraction of sp³-hybridized carbons (Fsp3) is 0.214. The van der Waals surface area contributed by atoms with Gasteiger partial charge in [0.05, 0.1) is 11.4 Å². The number of carbonyl (C=O) groups excluding carboxylic acids is 1. The molecule has 3 N–H and O–H groups in total. The summed E-state index contributed by atoms with van der Waals surface area (Å²) in [6.45, 7) is 3.89. The highest BCUT2D eigenvalue weighted by molar-refractivity contribution is 6.03. The molecule has 0 fully saturated rings. The Labute approximate surface area is 111 Å². The largest absolute Gasteiger partial charge is 0.397 e. The van der Waals surface area contributed by atoms with Gasteiger partial charge in [0.1, 0.15) is 11.5 Å². The molecule has 0 aliphatic carbocycles. The molecule has 2 rings (SSSR count). The highest BCUT2D eigenvalue weighted by atomic mass is 19.1. The number of nitrogens with zero attached hydrogens (tertiary/aromatic N) is 1. The van der Waals surface area contributed by atoms with Crippen LogP contribution < -0.4 is 11.1 Å². The Kier molecular flexibility index (Phi) is 3.55. The highest BCUT2D eigenvalue weighted by Crippen LogP contribution is 2.19. The standard InChI is InChI=1S/C14H16FN3O/c1-9(2)18-8-10(16)7-13(18)14(19)17-12-6-4-3-5-11(12)15/h3-9H,16H2,1-2H3,(H,17,19). The summed E-state index contributed by atoms with van der Waals surface area (Å²) in [4.78, 5) is 12.2. The van der Waals surface area contributed by atoms with E-state index in [0.717, 1.165) is 0 Å². The van der Waals surface area contributed by atoms with E-state index in [9.17, 15) is 9.18 Å². The first kappa shape index (κ1) is 13.1. The van der Waals surface area contributed by atoms with Gasteiger partial charge in [0.25, 0.3) is 5.91 Å². The molecule has 4 nitrogen and oxygen atoms in total. The normalized spacial score (nSPS) is 10.7. The van der Waals surface area contributed by atoms with Gasteiger partial charge in [-0.05, 0) is 32.0 Å². The molecule has 1 aromatic heterocycles. The third-order valence-corrected chi connectivity index (χ3v) is 2.78. The third-order valence-electron chi connectivity index (χ3n) is 2.78. The van der Waals surface area contributed by atoms with Gasteiger partial charge in [-0.3, -0.25) is 4.79 Å². The molecule has 19 heavy (non-hydrogen) atoms. The van der Waals surface area contributed by atoms with Gasteiger partial charge in [-0.1, -0.05) is 12.1 Å². The third kappa shape index (κ3) is 2.76. The number of amides is 1. The molecule has 1 amide bonds. The zero-order valence-electron chi connectivity index (χ0n) is 10.9. The number of nitrogens with two attached hydrogens (primary N) is 1. The first-order valence-corrected chi connectivity index (χ1v) is 6.02. The summed E-state index contributed by atoms with van der Waals surface area (Å²) >= 11 is 0. The van der Waals surface area contributed by atoms with Crippen molar-refractivity contribution in [2.45, 2.75) is 19.9 Å². The van der Waals surface area contributed by atoms with Crippen LogP contribution in [0.3, 0.4) is 0 Å². The molecule has 0 spiro atoms.